The zero-order valence-corrected chi connectivity index (χ0v) is 15.3. The van der Waals surface area contributed by atoms with Gasteiger partial charge in [0.15, 0.2) is 5.72 Å². The second-order valence-electron chi connectivity index (χ2n) is 5.73. The second-order valence-corrected chi connectivity index (χ2v) is 5.73. The molecular weight excluding hydrogens is 310 g/mol. The van der Waals surface area contributed by atoms with Crippen LogP contribution in [0, 0.1) is 5.92 Å². The minimum Gasteiger partial charge on any atom is -0.463 e. The van der Waals surface area contributed by atoms with Crippen molar-refractivity contribution in [1.29, 1.82) is 0 Å². The number of nitrogens with one attached hydrogen (secondary N) is 1. The number of carbonyl (C=O) groups excluding carboxylic acids is 2. The van der Waals surface area contributed by atoms with E-state index in [-0.39, 0.29) is 18.0 Å². The van der Waals surface area contributed by atoms with E-state index in [1.165, 1.54) is 12.2 Å². The van der Waals surface area contributed by atoms with Gasteiger partial charge in [-0.3, -0.25) is 5.32 Å². The van der Waals surface area contributed by atoms with Crippen molar-refractivity contribution in [3.8, 4) is 0 Å². The SMILES string of the molecule is C=CC(=O)OC(C)C1(C(C)C)NCCO1.C=CC(=O)OCCCC. The van der Waals surface area contributed by atoms with Crippen LogP contribution in [0.2, 0.25) is 0 Å². The Balaban J connectivity index is 0.000000506. The van der Waals surface area contributed by atoms with E-state index in [1.54, 1.807) is 0 Å². The molecule has 6 heteroatoms. The van der Waals surface area contributed by atoms with Gasteiger partial charge in [-0.25, -0.2) is 9.59 Å². The zero-order valence-electron chi connectivity index (χ0n) is 15.3. The third-order valence-electron chi connectivity index (χ3n) is 3.67. The Morgan fingerprint density at radius 3 is 2.29 bits per heavy atom. The molecule has 24 heavy (non-hydrogen) atoms. The van der Waals surface area contributed by atoms with E-state index in [0.717, 1.165) is 19.4 Å². The predicted octanol–water partition coefficient (Wildman–Crippen LogP) is 2.59. The summed E-state index contributed by atoms with van der Waals surface area (Å²) in [6, 6.07) is 0. The van der Waals surface area contributed by atoms with Crippen molar-refractivity contribution in [1.82, 2.24) is 5.32 Å². The number of rotatable bonds is 8. The van der Waals surface area contributed by atoms with Crippen molar-refractivity contribution in [2.45, 2.75) is 52.4 Å². The molecule has 1 rings (SSSR count). The molecule has 0 radical (unpaired) electrons. The number of hydrogen-bond acceptors (Lipinski definition) is 6. The van der Waals surface area contributed by atoms with Crippen LogP contribution in [0.3, 0.4) is 0 Å². The smallest absolute Gasteiger partial charge is 0.330 e. The molecule has 138 valence electrons. The van der Waals surface area contributed by atoms with Crippen molar-refractivity contribution in [3.05, 3.63) is 25.3 Å². The highest BCUT2D eigenvalue weighted by Gasteiger charge is 2.45. The van der Waals surface area contributed by atoms with Gasteiger partial charge in [-0.2, -0.15) is 0 Å². The van der Waals surface area contributed by atoms with Crippen molar-refractivity contribution < 1.29 is 23.8 Å². The van der Waals surface area contributed by atoms with Gasteiger partial charge in [0.25, 0.3) is 0 Å². The molecule has 1 aliphatic heterocycles. The molecule has 2 atom stereocenters. The summed E-state index contributed by atoms with van der Waals surface area (Å²) < 4.78 is 15.6. The zero-order chi connectivity index (χ0) is 18.6. The summed E-state index contributed by atoms with van der Waals surface area (Å²) in [5.41, 5.74) is -0.557. The highest BCUT2D eigenvalue weighted by atomic mass is 16.6. The topological polar surface area (TPSA) is 73.9 Å². The fourth-order valence-electron chi connectivity index (χ4n) is 2.30. The number of unbranched alkanes of at least 4 members (excludes halogenated alkanes) is 1. The molecule has 1 aliphatic rings. The van der Waals surface area contributed by atoms with Crippen LogP contribution < -0.4 is 5.32 Å². The maximum absolute atomic E-state index is 11.1. The van der Waals surface area contributed by atoms with Gasteiger partial charge in [0.1, 0.15) is 6.10 Å². The van der Waals surface area contributed by atoms with Crippen molar-refractivity contribution in [3.63, 3.8) is 0 Å². The summed E-state index contributed by atoms with van der Waals surface area (Å²) in [7, 11) is 0. The van der Waals surface area contributed by atoms with Gasteiger partial charge in [-0.1, -0.05) is 40.3 Å². The average Bonchev–Trinajstić information content (AvgIpc) is 3.06. The first-order valence-electron chi connectivity index (χ1n) is 8.35. The lowest BCUT2D eigenvalue weighted by Crippen LogP contribution is -2.56. The Kier molecular flexibility index (Phi) is 11.0. The van der Waals surface area contributed by atoms with E-state index in [9.17, 15) is 9.59 Å². The molecule has 0 spiro atoms. The minimum absolute atomic E-state index is 0.229. The molecule has 6 nitrogen and oxygen atoms in total. The molecule has 0 aromatic rings. The lowest BCUT2D eigenvalue weighted by atomic mass is 9.94. The van der Waals surface area contributed by atoms with E-state index in [4.69, 9.17) is 9.47 Å². The average molecular weight is 341 g/mol. The van der Waals surface area contributed by atoms with E-state index >= 15 is 0 Å². The van der Waals surface area contributed by atoms with Crippen LogP contribution in [-0.2, 0) is 23.8 Å². The minimum atomic E-state index is -0.557. The van der Waals surface area contributed by atoms with Gasteiger partial charge in [0.05, 0.1) is 13.2 Å². The second kappa shape index (κ2) is 11.8. The molecular formula is C18H31NO5. The fourth-order valence-corrected chi connectivity index (χ4v) is 2.30. The maximum Gasteiger partial charge on any atom is 0.330 e. The number of esters is 2. The van der Waals surface area contributed by atoms with Crippen LogP contribution in [0.25, 0.3) is 0 Å². The molecule has 0 bridgehead atoms. The Hall–Kier alpha value is -1.66. The first kappa shape index (κ1) is 22.3. The van der Waals surface area contributed by atoms with Crippen LogP contribution in [0.5, 0.6) is 0 Å². The molecule has 2 unspecified atom stereocenters. The Labute approximate surface area is 145 Å². The summed E-state index contributed by atoms with van der Waals surface area (Å²) in [6.07, 6.45) is 3.99. The normalized spacial score (nSPS) is 20.5. The van der Waals surface area contributed by atoms with E-state index < -0.39 is 11.7 Å². The van der Waals surface area contributed by atoms with Crippen LogP contribution in [-0.4, -0.2) is 43.5 Å². The summed E-state index contributed by atoms with van der Waals surface area (Å²) >= 11 is 0. The molecule has 0 amide bonds. The Bertz CT molecular complexity index is 414. The van der Waals surface area contributed by atoms with Crippen LogP contribution in [0.1, 0.15) is 40.5 Å². The molecule has 1 fully saturated rings. The number of ether oxygens (including phenoxy) is 3. The molecule has 0 aliphatic carbocycles. The van der Waals surface area contributed by atoms with Crippen LogP contribution in [0.15, 0.2) is 25.3 Å². The van der Waals surface area contributed by atoms with Crippen molar-refractivity contribution in [2.75, 3.05) is 19.8 Å². The van der Waals surface area contributed by atoms with Crippen molar-refractivity contribution in [2.24, 2.45) is 5.92 Å². The first-order chi connectivity index (χ1) is 11.3. The molecule has 0 aromatic heterocycles. The first-order valence-corrected chi connectivity index (χ1v) is 8.35. The van der Waals surface area contributed by atoms with Crippen molar-refractivity contribution >= 4 is 11.9 Å². The molecule has 0 aromatic carbocycles. The summed E-state index contributed by atoms with van der Waals surface area (Å²) in [6.45, 7) is 16.5. The van der Waals surface area contributed by atoms with Crippen LogP contribution >= 0.6 is 0 Å². The predicted molar refractivity (Wildman–Crippen MR) is 93.3 cm³/mol. The quantitative estimate of drug-likeness (QED) is 0.415. The number of hydrogen-bond donors (Lipinski definition) is 1. The van der Waals surface area contributed by atoms with E-state index in [1.807, 2.05) is 27.7 Å². The number of carbonyl (C=O) groups is 2. The fraction of sp³-hybridized carbons (Fsp3) is 0.667. The standard InChI is InChI=1S/C11H19NO3.C7H12O2/c1-5-10(13)15-9(4)11(8(2)3)12-6-7-14-11;1-3-5-6-9-7(8)4-2/h5,8-9,12H,1,6-7H2,2-4H3;4H,2-3,5-6H2,1H3. The molecule has 1 N–H and O–H groups in total. The van der Waals surface area contributed by atoms with Gasteiger partial charge >= 0.3 is 11.9 Å². The third kappa shape index (κ3) is 7.27. The van der Waals surface area contributed by atoms with Gasteiger partial charge in [-0.15, -0.1) is 0 Å². The van der Waals surface area contributed by atoms with Gasteiger partial charge in [-0.05, 0) is 19.3 Å². The molecule has 0 saturated carbocycles. The monoisotopic (exact) mass is 341 g/mol. The van der Waals surface area contributed by atoms with Gasteiger partial charge in [0.2, 0.25) is 0 Å². The lowest BCUT2D eigenvalue weighted by molar-refractivity contribution is -0.170. The highest BCUT2D eigenvalue weighted by molar-refractivity contribution is 5.81. The summed E-state index contributed by atoms with van der Waals surface area (Å²) in [4.78, 5) is 21.5. The van der Waals surface area contributed by atoms with Gasteiger partial charge in [0, 0.05) is 18.7 Å². The third-order valence-corrected chi connectivity index (χ3v) is 3.67. The summed E-state index contributed by atoms with van der Waals surface area (Å²) in [5.74, 6) is -0.518. The summed E-state index contributed by atoms with van der Waals surface area (Å²) in [5, 5.41) is 3.27. The molecule has 1 saturated heterocycles. The Morgan fingerprint density at radius 1 is 1.25 bits per heavy atom. The lowest BCUT2D eigenvalue weighted by Gasteiger charge is -2.37. The Morgan fingerprint density at radius 2 is 1.88 bits per heavy atom. The molecule has 1 heterocycles. The van der Waals surface area contributed by atoms with E-state index in [2.05, 4.69) is 23.2 Å². The highest BCUT2D eigenvalue weighted by Crippen LogP contribution is 2.28. The van der Waals surface area contributed by atoms with Gasteiger partial charge < -0.3 is 14.2 Å². The van der Waals surface area contributed by atoms with Crippen LogP contribution in [0.4, 0.5) is 0 Å². The van der Waals surface area contributed by atoms with E-state index in [0.29, 0.717) is 13.2 Å². The maximum atomic E-state index is 11.1. The largest absolute Gasteiger partial charge is 0.463 e.